The third-order valence-electron chi connectivity index (χ3n) is 23.0. The molecule has 0 bridgehead atoms. The van der Waals surface area contributed by atoms with Crippen LogP contribution in [0, 0.1) is 13.1 Å². The normalized spacial score (nSPS) is 12.4. The summed E-state index contributed by atoms with van der Waals surface area (Å²) in [6.45, 7) is 16.0. The standard InChI is InChI=1S/C59H38N4.C51H32N4/c1-60-50-34-35-53-52(39-50)55-51(32-17-33-54(55)59(53,48-28-10-4-11-29-48)49-30-12-5-13-31-49)44-24-16-27-47(38-44)58-62-56(45-25-14-22-42(36-45)40-18-6-2-7-19-40)61-57(63-58)46-26-15-23-43(37-46)41-20-8-3-9-21-41;1-52-40-30-31-45-44(33-40)47-42(27-15-29-46(47)51(45,38-22-7-3-8-23-38)39-24-9-4-10-25-39)36-20-13-21-37(32-36)49-53-48(35-17-5-2-6-18-35)54-50(55-49)43-28-14-19-34-16-11-12-26-41(34)43/h2-39H;2-33H. The molecule has 0 saturated carbocycles. The molecule has 0 aliphatic heterocycles. The number of hydrogen-bond acceptors (Lipinski definition) is 6. The molecule has 2 heterocycles. The van der Waals surface area contributed by atoms with E-state index >= 15 is 0 Å². The fraction of sp³-hybridized carbons (Fsp3) is 0.0182. The number of aromatic nitrogens is 6. The van der Waals surface area contributed by atoms with Crippen LogP contribution in [0.25, 0.3) is 156 Å². The van der Waals surface area contributed by atoms with Crippen LogP contribution in [0.3, 0.4) is 0 Å². The van der Waals surface area contributed by atoms with Crippen molar-refractivity contribution in [1.82, 2.24) is 29.9 Å². The van der Waals surface area contributed by atoms with Crippen molar-refractivity contribution in [3.05, 3.63) is 492 Å². The van der Waals surface area contributed by atoms with Gasteiger partial charge in [-0.05, 0) is 158 Å². The van der Waals surface area contributed by atoms with Crippen molar-refractivity contribution >= 4 is 22.1 Å². The van der Waals surface area contributed by atoms with Gasteiger partial charge in [-0.15, -0.1) is 0 Å². The maximum absolute atomic E-state index is 8.03. The van der Waals surface area contributed by atoms with Crippen molar-refractivity contribution in [2.45, 2.75) is 10.8 Å². The smallest absolute Gasteiger partial charge is 0.187 e. The molecule has 21 rings (SSSR count). The average Bonchev–Trinajstić information content (AvgIpc) is 1.53. The third-order valence-corrected chi connectivity index (χ3v) is 23.0. The van der Waals surface area contributed by atoms with Gasteiger partial charge in [-0.1, -0.05) is 388 Å². The second-order valence-corrected chi connectivity index (χ2v) is 29.7. The van der Waals surface area contributed by atoms with Crippen molar-refractivity contribution in [3.63, 3.8) is 0 Å². The van der Waals surface area contributed by atoms with Crippen LogP contribution in [0.4, 0.5) is 11.4 Å². The molecule has 118 heavy (non-hydrogen) atoms. The minimum atomic E-state index is -0.595. The second kappa shape index (κ2) is 30.5. The molecule has 0 atom stereocenters. The molecule has 2 aromatic heterocycles. The van der Waals surface area contributed by atoms with Crippen LogP contribution in [-0.4, -0.2) is 29.9 Å². The van der Waals surface area contributed by atoms with Gasteiger partial charge in [0.25, 0.3) is 0 Å². The summed E-state index contributed by atoms with van der Waals surface area (Å²) in [7, 11) is 0. The Bertz CT molecular complexity index is 6940. The summed E-state index contributed by atoms with van der Waals surface area (Å²) in [6.07, 6.45) is 0. The molecule has 0 radical (unpaired) electrons. The zero-order valence-corrected chi connectivity index (χ0v) is 64.0. The fourth-order valence-electron chi connectivity index (χ4n) is 17.8. The van der Waals surface area contributed by atoms with E-state index in [0.717, 1.165) is 116 Å². The number of benzene rings is 17. The molecule has 0 unspecified atom stereocenters. The molecule has 8 nitrogen and oxygen atoms in total. The predicted molar refractivity (Wildman–Crippen MR) is 479 cm³/mol. The Morgan fingerprint density at radius 1 is 0.186 bits per heavy atom. The molecule has 8 heteroatoms. The van der Waals surface area contributed by atoms with Crippen LogP contribution < -0.4 is 0 Å². The Balaban J connectivity index is 0.000000153. The van der Waals surface area contributed by atoms with E-state index in [4.69, 9.17) is 43.0 Å². The lowest BCUT2D eigenvalue weighted by Crippen LogP contribution is -2.28. The summed E-state index contributed by atoms with van der Waals surface area (Å²) in [5, 5.41) is 2.22. The zero-order chi connectivity index (χ0) is 78.9. The molecule has 17 aromatic carbocycles. The van der Waals surface area contributed by atoms with Crippen molar-refractivity contribution in [3.8, 4) is 135 Å². The maximum Gasteiger partial charge on any atom is 0.187 e. The Kier molecular flexibility index (Phi) is 18.4. The Hall–Kier alpha value is -16.0. The van der Waals surface area contributed by atoms with E-state index in [1.54, 1.807) is 0 Å². The van der Waals surface area contributed by atoms with Crippen LogP contribution in [0.1, 0.15) is 44.5 Å². The highest BCUT2D eigenvalue weighted by Crippen LogP contribution is 2.61. The van der Waals surface area contributed by atoms with Crippen molar-refractivity contribution < 1.29 is 0 Å². The Labute approximate surface area is 685 Å². The van der Waals surface area contributed by atoms with E-state index in [9.17, 15) is 0 Å². The van der Waals surface area contributed by atoms with Crippen LogP contribution in [0.15, 0.2) is 425 Å². The first kappa shape index (κ1) is 71.1. The first-order valence-corrected chi connectivity index (χ1v) is 39.5. The SMILES string of the molecule is [C-]#[N+]c1ccc2c(c1)-c1c(-c3cccc(-c4nc(-c5cccc(-c6ccccc6)c5)nc(-c5cccc(-c6ccccc6)c5)n4)c3)cccc1C2(c1ccccc1)c1ccccc1.[C-]#[N+]c1ccc2c(c1)-c1c(-c3cccc(-c4nc(-c5ccccc5)nc(-c5cccc6ccccc56)n4)c3)cccc1C2(c1ccccc1)c1ccccc1. The van der Waals surface area contributed by atoms with Gasteiger partial charge < -0.3 is 0 Å². The number of nitrogens with zero attached hydrogens (tertiary/aromatic N) is 8. The molecular formula is C110H70N8. The zero-order valence-electron chi connectivity index (χ0n) is 64.0. The van der Waals surface area contributed by atoms with Gasteiger partial charge in [0, 0.05) is 33.4 Å². The molecule has 0 amide bonds. The maximum atomic E-state index is 8.03. The lowest BCUT2D eigenvalue weighted by atomic mass is 9.67. The first-order valence-electron chi connectivity index (χ1n) is 39.5. The Morgan fingerprint density at radius 2 is 0.466 bits per heavy atom. The van der Waals surface area contributed by atoms with E-state index < -0.39 is 10.8 Å². The van der Waals surface area contributed by atoms with Crippen molar-refractivity contribution in [2.24, 2.45) is 0 Å². The molecule has 19 aromatic rings. The molecule has 2 aliphatic carbocycles. The van der Waals surface area contributed by atoms with E-state index in [1.165, 1.54) is 38.9 Å². The minimum absolute atomic E-state index is 0.576. The van der Waals surface area contributed by atoms with Crippen LogP contribution in [0.5, 0.6) is 0 Å². The van der Waals surface area contributed by atoms with E-state index in [0.29, 0.717) is 46.3 Å². The predicted octanol–water partition coefficient (Wildman–Crippen LogP) is 27.4. The quantitative estimate of drug-likeness (QED) is 0.101. The van der Waals surface area contributed by atoms with Crippen molar-refractivity contribution in [1.29, 1.82) is 0 Å². The Morgan fingerprint density at radius 3 is 0.856 bits per heavy atom. The summed E-state index contributed by atoms with van der Waals surface area (Å²) in [5.74, 6) is 3.63. The monoisotopic (exact) mass is 1500 g/mol. The highest BCUT2D eigenvalue weighted by Gasteiger charge is 2.49. The van der Waals surface area contributed by atoms with Crippen LogP contribution >= 0.6 is 0 Å². The lowest BCUT2D eigenvalue weighted by Gasteiger charge is -2.34. The summed E-state index contributed by atoms with van der Waals surface area (Å²) in [5.41, 5.74) is 28.0. The van der Waals surface area contributed by atoms with Crippen molar-refractivity contribution in [2.75, 3.05) is 0 Å². The first-order chi connectivity index (χ1) is 58.4. The van der Waals surface area contributed by atoms with E-state index in [1.807, 2.05) is 54.6 Å². The molecule has 0 fully saturated rings. The summed E-state index contributed by atoms with van der Waals surface area (Å²) < 4.78 is 0. The van der Waals surface area contributed by atoms with Crippen LogP contribution in [0.2, 0.25) is 0 Å². The van der Waals surface area contributed by atoms with E-state index in [-0.39, 0.29) is 0 Å². The van der Waals surface area contributed by atoms with Gasteiger partial charge in [0.05, 0.1) is 24.0 Å². The fourth-order valence-corrected chi connectivity index (χ4v) is 17.8. The summed E-state index contributed by atoms with van der Waals surface area (Å²) in [6, 6.07) is 148. The molecular weight excluding hydrogens is 1430 g/mol. The molecule has 550 valence electrons. The summed E-state index contributed by atoms with van der Waals surface area (Å²) >= 11 is 0. The number of hydrogen-bond donors (Lipinski definition) is 0. The largest absolute Gasteiger partial charge is 0.238 e. The molecule has 0 spiro atoms. The minimum Gasteiger partial charge on any atom is -0.238 e. The second-order valence-electron chi connectivity index (χ2n) is 29.7. The molecule has 0 N–H and O–H groups in total. The number of fused-ring (bicyclic) bond motifs is 7. The lowest BCUT2D eigenvalue weighted by molar-refractivity contribution is 0.769. The highest BCUT2D eigenvalue weighted by atomic mass is 15.0. The highest BCUT2D eigenvalue weighted by molar-refractivity contribution is 6.00. The van der Waals surface area contributed by atoms with E-state index in [2.05, 4.69) is 380 Å². The van der Waals surface area contributed by atoms with Gasteiger partial charge in [-0.2, -0.15) is 0 Å². The van der Waals surface area contributed by atoms with Gasteiger partial charge in [-0.25, -0.2) is 39.6 Å². The van der Waals surface area contributed by atoms with Gasteiger partial charge in [-0.3, -0.25) is 0 Å². The topological polar surface area (TPSA) is 86.1 Å². The summed E-state index contributed by atoms with van der Waals surface area (Å²) in [4.78, 5) is 38.7. The van der Waals surface area contributed by atoms with Gasteiger partial charge in [0.1, 0.15) is 0 Å². The average molecular weight is 1500 g/mol. The third kappa shape index (κ3) is 12.6. The molecule has 2 aliphatic rings. The van der Waals surface area contributed by atoms with Gasteiger partial charge >= 0.3 is 0 Å². The van der Waals surface area contributed by atoms with Crippen LogP contribution in [-0.2, 0) is 10.8 Å². The number of rotatable bonds is 14. The molecule has 0 saturated heterocycles. The van der Waals surface area contributed by atoms with Gasteiger partial charge in [0.15, 0.2) is 46.3 Å². The van der Waals surface area contributed by atoms with Gasteiger partial charge in [0.2, 0.25) is 0 Å².